The summed E-state index contributed by atoms with van der Waals surface area (Å²) in [6, 6.07) is 8.20. The molecule has 1 unspecified atom stereocenters. The zero-order valence-corrected chi connectivity index (χ0v) is 15.1. The number of carbonyl (C=O) groups is 2. The van der Waals surface area contributed by atoms with E-state index in [0.29, 0.717) is 18.2 Å². The Bertz CT molecular complexity index is 970. The second kappa shape index (κ2) is 6.65. The Morgan fingerprint density at radius 2 is 1.96 bits per heavy atom. The topological polar surface area (TPSA) is 122 Å². The molecule has 3 N–H and O–H groups in total. The van der Waals surface area contributed by atoms with Gasteiger partial charge in [0.15, 0.2) is 5.66 Å². The lowest BCUT2D eigenvalue weighted by Gasteiger charge is -2.44. The number of amides is 2. The van der Waals surface area contributed by atoms with Crippen LogP contribution in [0, 0.1) is 0 Å². The van der Waals surface area contributed by atoms with E-state index in [1.165, 1.54) is 24.1 Å². The maximum absolute atomic E-state index is 13.1. The second-order valence-corrected chi connectivity index (χ2v) is 7.94. The molecular weight excluding hydrogens is 356 g/mol. The highest BCUT2D eigenvalue weighted by Crippen LogP contribution is 2.29. The number of hydrogen-bond donors (Lipinski definition) is 2. The molecular formula is C17H20N4O4S. The predicted molar refractivity (Wildman–Crippen MR) is 95.2 cm³/mol. The lowest BCUT2D eigenvalue weighted by atomic mass is 9.95. The van der Waals surface area contributed by atoms with Gasteiger partial charge in [-0.25, -0.2) is 8.42 Å². The number of likely N-dealkylation sites (tertiary alicyclic amines) is 1. The molecule has 1 fully saturated rings. The van der Waals surface area contributed by atoms with Crippen molar-refractivity contribution in [2.75, 3.05) is 6.54 Å². The van der Waals surface area contributed by atoms with Crippen LogP contribution >= 0.6 is 0 Å². The zero-order chi connectivity index (χ0) is 18.9. The average Bonchev–Trinajstić information content (AvgIpc) is 2.61. The first-order chi connectivity index (χ1) is 12.3. The SMILES string of the molecule is CC(=O)N1CCCCC1(NS(=O)(=O)c1cccc2cccnc12)C(N)=O. The summed E-state index contributed by atoms with van der Waals surface area (Å²) in [5, 5.41) is 0.649. The zero-order valence-electron chi connectivity index (χ0n) is 14.3. The smallest absolute Gasteiger partial charge is 0.259 e. The van der Waals surface area contributed by atoms with Crippen LogP contribution in [-0.2, 0) is 19.6 Å². The number of pyridine rings is 1. The van der Waals surface area contributed by atoms with Gasteiger partial charge in [0.25, 0.3) is 5.91 Å². The minimum absolute atomic E-state index is 0.0645. The molecule has 2 amide bonds. The number of sulfonamides is 1. The van der Waals surface area contributed by atoms with Crippen LogP contribution in [0.1, 0.15) is 26.2 Å². The molecule has 9 heteroatoms. The Kier molecular flexibility index (Phi) is 4.68. The van der Waals surface area contributed by atoms with E-state index in [-0.39, 0.29) is 23.4 Å². The van der Waals surface area contributed by atoms with Gasteiger partial charge in [-0.1, -0.05) is 18.2 Å². The van der Waals surface area contributed by atoms with E-state index in [1.54, 1.807) is 24.3 Å². The van der Waals surface area contributed by atoms with Gasteiger partial charge in [0.2, 0.25) is 15.9 Å². The summed E-state index contributed by atoms with van der Waals surface area (Å²) in [5.74, 6) is -1.31. The molecule has 1 atom stereocenters. The molecule has 0 saturated carbocycles. The fourth-order valence-electron chi connectivity index (χ4n) is 3.39. The van der Waals surface area contributed by atoms with Crippen LogP contribution in [-0.4, -0.2) is 42.3 Å². The molecule has 1 aliphatic rings. The van der Waals surface area contributed by atoms with Gasteiger partial charge in [-0.2, -0.15) is 4.72 Å². The average molecular weight is 376 g/mol. The third-order valence-corrected chi connectivity index (χ3v) is 6.12. The minimum atomic E-state index is -4.16. The largest absolute Gasteiger partial charge is 0.366 e. The molecule has 8 nitrogen and oxygen atoms in total. The number of rotatable bonds is 4. The molecule has 1 aromatic carbocycles. The van der Waals surface area contributed by atoms with Gasteiger partial charge in [0.05, 0.1) is 5.52 Å². The molecule has 2 aromatic rings. The fourth-order valence-corrected chi connectivity index (χ4v) is 4.94. The molecule has 0 radical (unpaired) electrons. The minimum Gasteiger partial charge on any atom is -0.366 e. The highest BCUT2D eigenvalue weighted by molar-refractivity contribution is 7.89. The summed E-state index contributed by atoms with van der Waals surface area (Å²) in [6.45, 7) is 1.55. The lowest BCUT2D eigenvalue weighted by Crippen LogP contribution is -2.70. The number of carbonyl (C=O) groups excluding carboxylic acids is 2. The number of para-hydroxylation sites is 1. The van der Waals surface area contributed by atoms with Gasteiger partial charge in [0.1, 0.15) is 4.90 Å². The van der Waals surface area contributed by atoms with E-state index in [4.69, 9.17) is 5.73 Å². The summed E-state index contributed by atoms with van der Waals surface area (Å²) in [5.41, 5.74) is 4.06. The maximum Gasteiger partial charge on any atom is 0.259 e. The van der Waals surface area contributed by atoms with Crippen LogP contribution in [0.2, 0.25) is 0 Å². The van der Waals surface area contributed by atoms with Crippen LogP contribution in [0.4, 0.5) is 0 Å². The highest BCUT2D eigenvalue weighted by Gasteiger charge is 2.49. The van der Waals surface area contributed by atoms with E-state index in [0.717, 1.165) is 0 Å². The van der Waals surface area contributed by atoms with Gasteiger partial charge in [-0.05, 0) is 31.4 Å². The van der Waals surface area contributed by atoms with Crippen molar-refractivity contribution >= 4 is 32.7 Å². The van der Waals surface area contributed by atoms with E-state index in [2.05, 4.69) is 9.71 Å². The van der Waals surface area contributed by atoms with Gasteiger partial charge in [-0.3, -0.25) is 14.6 Å². The Morgan fingerprint density at radius 3 is 2.65 bits per heavy atom. The summed E-state index contributed by atoms with van der Waals surface area (Å²) in [7, 11) is -4.16. The monoisotopic (exact) mass is 376 g/mol. The summed E-state index contributed by atoms with van der Waals surface area (Å²) < 4.78 is 28.6. The number of piperidine rings is 1. The number of aromatic nitrogens is 1. The van der Waals surface area contributed by atoms with Gasteiger partial charge in [-0.15, -0.1) is 0 Å². The fraction of sp³-hybridized carbons (Fsp3) is 0.353. The third kappa shape index (κ3) is 3.04. The number of benzene rings is 1. The van der Waals surface area contributed by atoms with Crippen molar-refractivity contribution in [2.45, 2.75) is 36.7 Å². The molecule has 0 bridgehead atoms. The van der Waals surface area contributed by atoms with Crippen LogP contribution in [0.3, 0.4) is 0 Å². The molecule has 1 aromatic heterocycles. The number of hydrogen-bond acceptors (Lipinski definition) is 5. The maximum atomic E-state index is 13.1. The quantitative estimate of drug-likeness (QED) is 0.814. The highest BCUT2D eigenvalue weighted by atomic mass is 32.2. The molecule has 26 heavy (non-hydrogen) atoms. The summed E-state index contributed by atoms with van der Waals surface area (Å²) in [6.07, 6.45) is 2.86. The number of fused-ring (bicyclic) bond motifs is 1. The van der Waals surface area contributed by atoms with Gasteiger partial charge >= 0.3 is 0 Å². The summed E-state index contributed by atoms with van der Waals surface area (Å²) >= 11 is 0. The van der Waals surface area contributed by atoms with Crippen LogP contribution < -0.4 is 10.5 Å². The van der Waals surface area contributed by atoms with E-state index in [1.807, 2.05) is 0 Å². The first kappa shape index (κ1) is 18.3. The van der Waals surface area contributed by atoms with Crippen LogP contribution in [0.15, 0.2) is 41.4 Å². The predicted octanol–water partition coefficient (Wildman–Crippen LogP) is 0.727. The molecule has 138 valence electrons. The van der Waals surface area contributed by atoms with Crippen LogP contribution in [0.25, 0.3) is 10.9 Å². The Labute approximate surface area is 151 Å². The van der Waals surface area contributed by atoms with E-state index in [9.17, 15) is 18.0 Å². The van der Waals surface area contributed by atoms with Crippen molar-refractivity contribution in [1.82, 2.24) is 14.6 Å². The standard InChI is InChI=1S/C17H20N4O4S/c1-12(22)21-11-3-2-9-17(21,16(18)23)20-26(24,25)14-8-4-6-13-7-5-10-19-15(13)14/h4-8,10,20H,2-3,9,11H2,1H3,(H2,18,23). The van der Waals surface area contributed by atoms with Gasteiger partial charge < -0.3 is 10.6 Å². The van der Waals surface area contributed by atoms with Crippen molar-refractivity contribution in [3.8, 4) is 0 Å². The second-order valence-electron chi connectivity index (χ2n) is 6.29. The Morgan fingerprint density at radius 1 is 1.23 bits per heavy atom. The molecule has 0 aliphatic carbocycles. The number of nitrogens with zero attached hydrogens (tertiary/aromatic N) is 2. The molecule has 1 saturated heterocycles. The number of nitrogens with two attached hydrogens (primary N) is 1. The van der Waals surface area contributed by atoms with Crippen molar-refractivity contribution in [1.29, 1.82) is 0 Å². The van der Waals surface area contributed by atoms with Crippen molar-refractivity contribution in [2.24, 2.45) is 5.73 Å². The van der Waals surface area contributed by atoms with Crippen molar-refractivity contribution in [3.05, 3.63) is 36.5 Å². The molecule has 3 rings (SSSR count). The Balaban J connectivity index is 2.11. The molecule has 1 aliphatic heterocycles. The number of nitrogens with one attached hydrogen (secondary N) is 1. The molecule has 0 spiro atoms. The first-order valence-electron chi connectivity index (χ1n) is 8.24. The third-order valence-electron chi connectivity index (χ3n) is 4.61. The van der Waals surface area contributed by atoms with Crippen LogP contribution in [0.5, 0.6) is 0 Å². The molecule has 2 heterocycles. The Hall–Kier alpha value is -2.52. The van der Waals surface area contributed by atoms with Crippen molar-refractivity contribution < 1.29 is 18.0 Å². The van der Waals surface area contributed by atoms with E-state index < -0.39 is 27.5 Å². The van der Waals surface area contributed by atoms with Gasteiger partial charge in [0, 0.05) is 25.1 Å². The van der Waals surface area contributed by atoms with E-state index >= 15 is 0 Å². The normalized spacial score (nSPS) is 20.9. The summed E-state index contributed by atoms with van der Waals surface area (Å²) in [4.78, 5) is 29.6. The lowest BCUT2D eigenvalue weighted by molar-refractivity contribution is -0.148. The first-order valence-corrected chi connectivity index (χ1v) is 9.72. The van der Waals surface area contributed by atoms with Crippen molar-refractivity contribution in [3.63, 3.8) is 0 Å². The number of primary amides is 1.